The number of aromatic nitrogens is 1. The summed E-state index contributed by atoms with van der Waals surface area (Å²) in [6.07, 6.45) is 1.29. The van der Waals surface area contributed by atoms with E-state index in [1.165, 1.54) is 24.9 Å². The molecule has 8 heteroatoms. The SMILES string of the molecule is COc1ccc(NS(=O)(=O)c2cncs2)cc1Cl. The predicted molar refractivity (Wildman–Crippen MR) is 70.9 cm³/mol. The van der Waals surface area contributed by atoms with Crippen LogP contribution in [0.15, 0.2) is 34.1 Å². The third-order valence-corrected chi connectivity index (χ3v) is 5.03. The summed E-state index contributed by atoms with van der Waals surface area (Å²) in [5.74, 6) is 0.484. The molecule has 1 aromatic carbocycles. The average molecular weight is 305 g/mol. The van der Waals surface area contributed by atoms with Gasteiger partial charge in [0.15, 0.2) is 4.21 Å². The van der Waals surface area contributed by atoms with Gasteiger partial charge in [-0.2, -0.15) is 0 Å². The molecule has 0 aliphatic rings. The van der Waals surface area contributed by atoms with Crippen molar-refractivity contribution in [3.8, 4) is 5.75 Å². The van der Waals surface area contributed by atoms with E-state index in [-0.39, 0.29) is 4.21 Å². The van der Waals surface area contributed by atoms with E-state index in [0.29, 0.717) is 16.5 Å². The van der Waals surface area contributed by atoms with Crippen LogP contribution in [0.1, 0.15) is 0 Å². The summed E-state index contributed by atoms with van der Waals surface area (Å²) in [4.78, 5) is 3.73. The van der Waals surface area contributed by atoms with Crippen LogP contribution in [-0.4, -0.2) is 20.5 Å². The van der Waals surface area contributed by atoms with E-state index < -0.39 is 10.0 Å². The maximum atomic E-state index is 11.9. The third kappa shape index (κ3) is 2.74. The van der Waals surface area contributed by atoms with Crippen molar-refractivity contribution in [3.05, 3.63) is 34.9 Å². The number of benzene rings is 1. The molecule has 0 amide bonds. The van der Waals surface area contributed by atoms with Crippen molar-refractivity contribution >= 4 is 38.6 Å². The summed E-state index contributed by atoms with van der Waals surface area (Å²) >= 11 is 6.96. The number of nitrogens with one attached hydrogen (secondary N) is 1. The first-order chi connectivity index (χ1) is 8.53. The molecule has 0 atom stereocenters. The molecule has 0 spiro atoms. The van der Waals surface area contributed by atoms with Crippen LogP contribution >= 0.6 is 22.9 Å². The van der Waals surface area contributed by atoms with Crippen LogP contribution in [0.2, 0.25) is 5.02 Å². The highest BCUT2D eigenvalue weighted by Crippen LogP contribution is 2.28. The van der Waals surface area contributed by atoms with Gasteiger partial charge in [-0.05, 0) is 18.2 Å². The van der Waals surface area contributed by atoms with Gasteiger partial charge >= 0.3 is 0 Å². The smallest absolute Gasteiger partial charge is 0.273 e. The topological polar surface area (TPSA) is 68.3 Å². The number of thiazole rings is 1. The van der Waals surface area contributed by atoms with E-state index in [9.17, 15) is 8.42 Å². The quantitative estimate of drug-likeness (QED) is 0.942. The predicted octanol–water partition coefficient (Wildman–Crippen LogP) is 2.61. The molecular weight excluding hydrogens is 296 g/mol. The molecule has 1 aromatic heterocycles. The van der Waals surface area contributed by atoms with Crippen molar-refractivity contribution in [1.29, 1.82) is 0 Å². The molecule has 96 valence electrons. The van der Waals surface area contributed by atoms with Crippen LogP contribution in [-0.2, 0) is 10.0 Å². The van der Waals surface area contributed by atoms with Crippen LogP contribution < -0.4 is 9.46 Å². The van der Waals surface area contributed by atoms with Gasteiger partial charge in [0.1, 0.15) is 5.75 Å². The molecule has 0 saturated carbocycles. The largest absolute Gasteiger partial charge is 0.495 e. The van der Waals surface area contributed by atoms with Crippen molar-refractivity contribution in [1.82, 2.24) is 4.98 Å². The first-order valence-electron chi connectivity index (χ1n) is 4.78. The minimum atomic E-state index is -3.60. The molecule has 0 aliphatic carbocycles. The van der Waals surface area contributed by atoms with E-state index in [1.54, 1.807) is 12.1 Å². The Kier molecular flexibility index (Phi) is 3.74. The number of anilines is 1. The third-order valence-electron chi connectivity index (χ3n) is 2.08. The molecule has 18 heavy (non-hydrogen) atoms. The van der Waals surface area contributed by atoms with Gasteiger partial charge in [0, 0.05) is 0 Å². The van der Waals surface area contributed by atoms with Crippen LogP contribution in [0, 0.1) is 0 Å². The summed E-state index contributed by atoms with van der Waals surface area (Å²) in [7, 11) is -2.11. The van der Waals surface area contributed by atoms with Gasteiger partial charge in [-0.1, -0.05) is 11.6 Å². The molecule has 0 fully saturated rings. The fourth-order valence-electron chi connectivity index (χ4n) is 1.27. The van der Waals surface area contributed by atoms with Crippen molar-refractivity contribution < 1.29 is 13.2 Å². The fourth-order valence-corrected chi connectivity index (χ4v) is 3.38. The Hall–Kier alpha value is -1.31. The number of nitrogens with zero attached hydrogens (tertiary/aromatic N) is 1. The van der Waals surface area contributed by atoms with Crippen molar-refractivity contribution in [3.63, 3.8) is 0 Å². The first-order valence-corrected chi connectivity index (χ1v) is 7.52. The highest BCUT2D eigenvalue weighted by molar-refractivity contribution is 7.94. The number of hydrogen-bond acceptors (Lipinski definition) is 5. The lowest BCUT2D eigenvalue weighted by molar-refractivity contribution is 0.415. The average Bonchev–Trinajstić information content (AvgIpc) is 2.82. The summed E-state index contributed by atoms with van der Waals surface area (Å²) < 4.78 is 31.4. The standard InChI is InChI=1S/C10H9ClN2O3S2/c1-16-9-3-2-7(4-8(9)11)13-18(14,15)10-5-12-6-17-10/h2-6,13H,1H3. The van der Waals surface area contributed by atoms with E-state index >= 15 is 0 Å². The van der Waals surface area contributed by atoms with Crippen molar-refractivity contribution in [2.45, 2.75) is 4.21 Å². The first kappa shape index (κ1) is 13.1. The van der Waals surface area contributed by atoms with Gasteiger partial charge in [0.2, 0.25) is 0 Å². The van der Waals surface area contributed by atoms with E-state index in [4.69, 9.17) is 16.3 Å². The number of rotatable bonds is 4. The number of methoxy groups -OCH3 is 1. The number of sulfonamides is 1. The zero-order valence-electron chi connectivity index (χ0n) is 9.25. The summed E-state index contributed by atoms with van der Waals surface area (Å²) in [5.41, 5.74) is 1.82. The summed E-state index contributed by atoms with van der Waals surface area (Å²) in [6.45, 7) is 0. The summed E-state index contributed by atoms with van der Waals surface area (Å²) in [6, 6.07) is 4.65. The normalized spacial score (nSPS) is 11.2. The number of ether oxygens (including phenoxy) is 1. The Labute approximate surface area is 113 Å². The Bertz CT molecular complexity index is 641. The van der Waals surface area contributed by atoms with Gasteiger partial charge < -0.3 is 4.74 Å². The Morgan fingerprint density at radius 1 is 1.44 bits per heavy atom. The number of hydrogen-bond donors (Lipinski definition) is 1. The van der Waals surface area contributed by atoms with Gasteiger partial charge in [-0.15, -0.1) is 11.3 Å². The maximum Gasteiger partial charge on any atom is 0.273 e. The monoisotopic (exact) mass is 304 g/mol. The molecule has 0 radical (unpaired) electrons. The molecule has 0 bridgehead atoms. The molecule has 0 saturated heterocycles. The Balaban J connectivity index is 2.27. The van der Waals surface area contributed by atoms with Crippen LogP contribution in [0.3, 0.4) is 0 Å². The van der Waals surface area contributed by atoms with Crippen LogP contribution in [0.4, 0.5) is 5.69 Å². The molecule has 0 unspecified atom stereocenters. The van der Waals surface area contributed by atoms with Gasteiger partial charge in [0.05, 0.1) is 29.5 Å². The highest BCUT2D eigenvalue weighted by atomic mass is 35.5. The Morgan fingerprint density at radius 3 is 2.78 bits per heavy atom. The van der Waals surface area contributed by atoms with E-state index in [0.717, 1.165) is 11.3 Å². The number of halogens is 1. The maximum absolute atomic E-state index is 11.9. The zero-order chi connectivity index (χ0) is 13.2. The second-order valence-electron chi connectivity index (χ2n) is 3.28. The molecule has 1 heterocycles. The molecule has 1 N–H and O–H groups in total. The van der Waals surface area contributed by atoms with Gasteiger partial charge in [-0.3, -0.25) is 9.71 Å². The molecular formula is C10H9ClN2O3S2. The van der Waals surface area contributed by atoms with Crippen LogP contribution in [0.5, 0.6) is 5.75 Å². The zero-order valence-corrected chi connectivity index (χ0v) is 11.6. The van der Waals surface area contributed by atoms with Crippen molar-refractivity contribution in [2.75, 3.05) is 11.8 Å². The highest BCUT2D eigenvalue weighted by Gasteiger charge is 2.16. The summed E-state index contributed by atoms with van der Waals surface area (Å²) in [5, 5.41) is 0.335. The van der Waals surface area contributed by atoms with Gasteiger partial charge in [0.25, 0.3) is 10.0 Å². The lowest BCUT2D eigenvalue weighted by Crippen LogP contribution is -2.11. The van der Waals surface area contributed by atoms with E-state index in [1.807, 2.05) is 0 Å². The lowest BCUT2D eigenvalue weighted by atomic mass is 10.3. The van der Waals surface area contributed by atoms with Crippen molar-refractivity contribution in [2.24, 2.45) is 0 Å². The minimum absolute atomic E-state index is 0.148. The second kappa shape index (κ2) is 5.13. The molecule has 0 aliphatic heterocycles. The lowest BCUT2D eigenvalue weighted by Gasteiger charge is -2.08. The fraction of sp³-hybridized carbons (Fsp3) is 0.100. The minimum Gasteiger partial charge on any atom is -0.495 e. The van der Waals surface area contributed by atoms with Gasteiger partial charge in [-0.25, -0.2) is 8.42 Å². The van der Waals surface area contributed by atoms with Crippen LogP contribution in [0.25, 0.3) is 0 Å². The molecule has 2 rings (SSSR count). The Morgan fingerprint density at radius 2 is 2.22 bits per heavy atom. The molecule has 2 aromatic rings. The molecule has 5 nitrogen and oxygen atoms in total. The second-order valence-corrected chi connectivity index (χ2v) is 6.48. The van der Waals surface area contributed by atoms with E-state index in [2.05, 4.69) is 9.71 Å².